The van der Waals surface area contributed by atoms with E-state index in [1.165, 1.54) is 16.8 Å². The average Bonchev–Trinajstić information content (AvgIpc) is 3.12. The summed E-state index contributed by atoms with van der Waals surface area (Å²) in [5.74, 6) is 0.921. The van der Waals surface area contributed by atoms with Crippen LogP contribution >= 0.6 is 24.0 Å². The van der Waals surface area contributed by atoms with Gasteiger partial charge in [0.05, 0.1) is 19.2 Å². The molecule has 0 unspecified atom stereocenters. The van der Waals surface area contributed by atoms with Gasteiger partial charge in [-0.25, -0.2) is 4.99 Å². The second kappa shape index (κ2) is 12.3. The largest absolute Gasteiger partial charge is 0.393 e. The molecule has 2 heterocycles. The first-order valence-corrected chi connectivity index (χ1v) is 10.6. The molecule has 1 fully saturated rings. The van der Waals surface area contributed by atoms with E-state index in [-0.39, 0.29) is 30.1 Å². The van der Waals surface area contributed by atoms with E-state index < -0.39 is 0 Å². The van der Waals surface area contributed by atoms with E-state index >= 15 is 0 Å². The van der Waals surface area contributed by atoms with Crippen LogP contribution < -0.4 is 5.32 Å². The second-order valence-corrected chi connectivity index (χ2v) is 7.96. The molecule has 0 aliphatic carbocycles. The molecule has 1 aromatic carbocycles. The number of piperidine rings is 1. The van der Waals surface area contributed by atoms with Gasteiger partial charge in [0.2, 0.25) is 0 Å². The molecule has 1 aromatic heterocycles. The van der Waals surface area contributed by atoms with Crippen molar-refractivity contribution in [3.63, 3.8) is 0 Å². The number of aliphatic imine (C=N–C) groups is 1. The molecule has 0 bridgehead atoms. The molecule has 6 nitrogen and oxygen atoms in total. The van der Waals surface area contributed by atoms with Crippen LogP contribution in [0.15, 0.2) is 47.6 Å². The van der Waals surface area contributed by atoms with Crippen molar-refractivity contribution in [3.8, 4) is 0 Å². The summed E-state index contributed by atoms with van der Waals surface area (Å²) >= 11 is 0. The third-order valence-electron chi connectivity index (χ3n) is 5.54. The summed E-state index contributed by atoms with van der Waals surface area (Å²) in [5.41, 5.74) is 3.79. The van der Waals surface area contributed by atoms with Crippen LogP contribution in [0, 0.1) is 0 Å². The lowest BCUT2D eigenvalue weighted by Gasteiger charge is -2.29. The van der Waals surface area contributed by atoms with Gasteiger partial charge in [-0.1, -0.05) is 24.3 Å². The molecule has 0 spiro atoms. The number of guanidine groups is 1. The van der Waals surface area contributed by atoms with Gasteiger partial charge < -0.3 is 19.9 Å². The van der Waals surface area contributed by atoms with E-state index in [1.54, 1.807) is 0 Å². The maximum atomic E-state index is 9.65. The van der Waals surface area contributed by atoms with Gasteiger partial charge in [0, 0.05) is 52.2 Å². The van der Waals surface area contributed by atoms with E-state index in [9.17, 15) is 5.11 Å². The Kier molecular flexibility index (Phi) is 10.1. The normalized spacial score (nSPS) is 15.7. The van der Waals surface area contributed by atoms with Crippen LogP contribution in [0.5, 0.6) is 0 Å². The summed E-state index contributed by atoms with van der Waals surface area (Å²) in [4.78, 5) is 9.41. The molecule has 0 saturated carbocycles. The summed E-state index contributed by atoms with van der Waals surface area (Å²) in [6.07, 6.45) is 3.73. The number of aryl methyl sites for hydroxylation is 1. The van der Waals surface area contributed by atoms with Gasteiger partial charge in [-0.15, -0.1) is 24.0 Å². The lowest BCUT2D eigenvalue weighted by atomic mass is 10.1. The Balaban J connectivity index is 0.00000320. The Morgan fingerprint density at radius 1 is 1.17 bits per heavy atom. The van der Waals surface area contributed by atoms with E-state index in [1.807, 2.05) is 0 Å². The summed E-state index contributed by atoms with van der Waals surface area (Å²) in [5, 5.41) is 13.0. The zero-order valence-electron chi connectivity index (χ0n) is 18.4. The number of benzene rings is 1. The molecule has 0 amide bonds. The Morgan fingerprint density at radius 3 is 2.43 bits per heavy atom. The van der Waals surface area contributed by atoms with Gasteiger partial charge in [0.15, 0.2) is 5.96 Å². The molecule has 166 valence electrons. The van der Waals surface area contributed by atoms with Gasteiger partial charge in [-0.05, 0) is 43.0 Å². The molecule has 7 heteroatoms. The fraction of sp³-hybridized carbons (Fsp3) is 0.522. The number of halogens is 1. The highest BCUT2D eigenvalue weighted by molar-refractivity contribution is 14.0. The lowest BCUT2D eigenvalue weighted by Crippen LogP contribution is -2.38. The lowest BCUT2D eigenvalue weighted by molar-refractivity contribution is 0.0792. The fourth-order valence-electron chi connectivity index (χ4n) is 3.70. The third-order valence-corrected chi connectivity index (χ3v) is 5.54. The summed E-state index contributed by atoms with van der Waals surface area (Å²) in [7, 11) is 4.15. The maximum Gasteiger partial charge on any atom is 0.194 e. The molecule has 30 heavy (non-hydrogen) atoms. The second-order valence-electron chi connectivity index (χ2n) is 7.96. The minimum atomic E-state index is -0.114. The molecule has 0 radical (unpaired) electrons. The van der Waals surface area contributed by atoms with E-state index in [2.05, 4.69) is 83.3 Å². The van der Waals surface area contributed by atoms with Crippen molar-refractivity contribution in [1.29, 1.82) is 0 Å². The zero-order valence-corrected chi connectivity index (χ0v) is 20.8. The quantitative estimate of drug-likeness (QED) is 0.331. The van der Waals surface area contributed by atoms with E-state index in [0.29, 0.717) is 6.54 Å². The molecule has 1 aliphatic heterocycles. The van der Waals surface area contributed by atoms with Crippen molar-refractivity contribution in [2.24, 2.45) is 12.0 Å². The van der Waals surface area contributed by atoms with Gasteiger partial charge >= 0.3 is 0 Å². The standard InChI is InChI=1S/C23H35N5O.HI/c1-4-24-23(27(3)18-21-6-5-13-26(21)2)25-16-19-7-9-20(10-8-19)17-28-14-11-22(29)12-15-28;/h5-10,13,22,29H,4,11-12,14-18H2,1-3H3,(H,24,25);1H. The SMILES string of the molecule is CCNC(=NCc1ccc(CN2CCC(O)CC2)cc1)N(C)Cc1cccn1C.I. The van der Waals surface area contributed by atoms with Gasteiger partial charge in [0.1, 0.15) is 0 Å². The van der Waals surface area contributed by atoms with Crippen molar-refractivity contribution in [1.82, 2.24) is 19.7 Å². The topological polar surface area (TPSA) is 56.0 Å². The number of nitrogens with zero attached hydrogens (tertiary/aromatic N) is 4. The molecule has 2 aromatic rings. The Hall–Kier alpha value is -1.58. The molecule has 2 N–H and O–H groups in total. The monoisotopic (exact) mass is 525 g/mol. The first-order valence-electron chi connectivity index (χ1n) is 10.6. The predicted octanol–water partition coefficient (Wildman–Crippen LogP) is 3.20. The minimum absolute atomic E-state index is 0. The molecule has 1 saturated heterocycles. The number of aromatic nitrogens is 1. The number of nitrogens with one attached hydrogen (secondary N) is 1. The number of hydrogen-bond donors (Lipinski definition) is 2. The van der Waals surface area contributed by atoms with E-state index in [0.717, 1.165) is 51.5 Å². The van der Waals surface area contributed by atoms with Crippen LogP contribution in [0.4, 0.5) is 0 Å². The van der Waals surface area contributed by atoms with Crippen LogP contribution in [0.2, 0.25) is 0 Å². The van der Waals surface area contributed by atoms with E-state index in [4.69, 9.17) is 4.99 Å². The van der Waals surface area contributed by atoms with Crippen molar-refractivity contribution < 1.29 is 5.11 Å². The van der Waals surface area contributed by atoms with Crippen LogP contribution in [-0.4, -0.2) is 58.2 Å². The summed E-state index contributed by atoms with van der Waals surface area (Å²) in [6, 6.07) is 13.0. The zero-order chi connectivity index (χ0) is 20.6. The highest BCUT2D eigenvalue weighted by Gasteiger charge is 2.16. The summed E-state index contributed by atoms with van der Waals surface area (Å²) in [6.45, 7) is 7.34. The highest BCUT2D eigenvalue weighted by Crippen LogP contribution is 2.14. The van der Waals surface area contributed by atoms with Crippen molar-refractivity contribution >= 4 is 29.9 Å². The first kappa shape index (κ1) is 24.7. The Morgan fingerprint density at radius 2 is 1.83 bits per heavy atom. The van der Waals surface area contributed by atoms with Crippen molar-refractivity contribution in [2.45, 2.75) is 45.5 Å². The number of rotatable bonds is 7. The number of aliphatic hydroxyl groups is 1. The Labute approximate surface area is 198 Å². The smallest absolute Gasteiger partial charge is 0.194 e. The molecular weight excluding hydrogens is 489 g/mol. The minimum Gasteiger partial charge on any atom is -0.393 e. The maximum absolute atomic E-state index is 9.65. The molecular formula is C23H36IN5O. The number of aliphatic hydroxyl groups excluding tert-OH is 1. The van der Waals surface area contributed by atoms with Crippen LogP contribution in [0.25, 0.3) is 0 Å². The van der Waals surface area contributed by atoms with Gasteiger partial charge in [0.25, 0.3) is 0 Å². The van der Waals surface area contributed by atoms with Crippen LogP contribution in [0.1, 0.15) is 36.6 Å². The molecule has 1 aliphatic rings. The average molecular weight is 525 g/mol. The summed E-state index contributed by atoms with van der Waals surface area (Å²) < 4.78 is 2.14. The first-order chi connectivity index (χ1) is 14.0. The van der Waals surface area contributed by atoms with Crippen LogP contribution in [-0.2, 0) is 26.7 Å². The fourth-order valence-corrected chi connectivity index (χ4v) is 3.70. The van der Waals surface area contributed by atoms with Crippen molar-refractivity contribution in [3.05, 3.63) is 59.4 Å². The van der Waals surface area contributed by atoms with Crippen LogP contribution in [0.3, 0.4) is 0 Å². The van der Waals surface area contributed by atoms with Gasteiger partial charge in [-0.2, -0.15) is 0 Å². The Bertz CT molecular complexity index is 781. The third kappa shape index (κ3) is 7.28. The molecule has 3 rings (SSSR count). The van der Waals surface area contributed by atoms with Gasteiger partial charge in [-0.3, -0.25) is 4.90 Å². The number of likely N-dealkylation sites (tertiary alicyclic amines) is 1. The molecule has 0 atom stereocenters. The van der Waals surface area contributed by atoms with Crippen molar-refractivity contribution in [2.75, 3.05) is 26.7 Å². The highest BCUT2D eigenvalue weighted by atomic mass is 127. The number of hydrogen-bond acceptors (Lipinski definition) is 3. The predicted molar refractivity (Wildman–Crippen MR) is 134 cm³/mol.